The second kappa shape index (κ2) is 8.64. The molecule has 0 fully saturated rings. The minimum Gasteiger partial charge on any atom is -0.314 e. The number of benzene rings is 1. The third-order valence-corrected chi connectivity index (χ3v) is 3.22. The molecule has 19 heavy (non-hydrogen) atoms. The van der Waals surface area contributed by atoms with Crippen LogP contribution in [-0.2, 0) is 6.42 Å². The minimum absolute atomic E-state index is 0.162. The van der Waals surface area contributed by atoms with Crippen molar-refractivity contribution in [2.45, 2.75) is 52.0 Å². The van der Waals surface area contributed by atoms with Crippen molar-refractivity contribution in [3.05, 3.63) is 39.9 Å². The van der Waals surface area contributed by atoms with Crippen LogP contribution in [0.5, 0.6) is 0 Å². The Morgan fingerprint density at radius 2 is 1.89 bits per heavy atom. The number of rotatable bonds is 9. The Hall–Kier alpha value is -1.42. The van der Waals surface area contributed by atoms with E-state index in [2.05, 4.69) is 19.2 Å². The lowest BCUT2D eigenvalue weighted by Crippen LogP contribution is -2.31. The topological polar surface area (TPSA) is 55.2 Å². The molecule has 1 atom stereocenters. The zero-order valence-electron chi connectivity index (χ0n) is 11.9. The van der Waals surface area contributed by atoms with Gasteiger partial charge in [0.05, 0.1) is 4.92 Å². The number of hydrogen-bond acceptors (Lipinski definition) is 3. The van der Waals surface area contributed by atoms with Gasteiger partial charge in [0.15, 0.2) is 0 Å². The molecular weight excluding hydrogens is 240 g/mol. The maximum absolute atomic E-state index is 10.6. The van der Waals surface area contributed by atoms with Crippen molar-refractivity contribution in [1.29, 1.82) is 0 Å². The summed E-state index contributed by atoms with van der Waals surface area (Å²) >= 11 is 0. The van der Waals surface area contributed by atoms with Crippen LogP contribution in [0.2, 0.25) is 0 Å². The Morgan fingerprint density at radius 3 is 2.42 bits per heavy atom. The molecule has 0 saturated heterocycles. The molecule has 0 aliphatic carbocycles. The monoisotopic (exact) mass is 264 g/mol. The second-order valence-corrected chi connectivity index (χ2v) is 4.92. The molecule has 0 aliphatic rings. The van der Waals surface area contributed by atoms with E-state index in [0.717, 1.165) is 31.4 Å². The average Bonchev–Trinajstić information content (AvgIpc) is 2.42. The van der Waals surface area contributed by atoms with Gasteiger partial charge < -0.3 is 5.32 Å². The first kappa shape index (κ1) is 15.6. The van der Waals surface area contributed by atoms with Gasteiger partial charge in [-0.25, -0.2) is 0 Å². The van der Waals surface area contributed by atoms with Crippen LogP contribution < -0.4 is 5.32 Å². The van der Waals surface area contributed by atoms with Crippen molar-refractivity contribution < 1.29 is 4.92 Å². The highest BCUT2D eigenvalue weighted by Gasteiger charge is 2.10. The summed E-state index contributed by atoms with van der Waals surface area (Å²) in [6.07, 6.45) is 5.65. The van der Waals surface area contributed by atoms with Crippen LogP contribution in [0.25, 0.3) is 0 Å². The van der Waals surface area contributed by atoms with Gasteiger partial charge in [-0.3, -0.25) is 10.1 Å². The van der Waals surface area contributed by atoms with E-state index in [1.807, 2.05) is 12.1 Å². The molecule has 4 heteroatoms. The highest BCUT2D eigenvalue weighted by molar-refractivity contribution is 5.33. The van der Waals surface area contributed by atoms with Gasteiger partial charge in [-0.15, -0.1) is 0 Å². The first-order valence-electron chi connectivity index (χ1n) is 7.14. The largest absolute Gasteiger partial charge is 0.314 e. The number of nitro benzene ring substituents is 1. The zero-order valence-corrected chi connectivity index (χ0v) is 11.9. The second-order valence-electron chi connectivity index (χ2n) is 4.92. The minimum atomic E-state index is -0.353. The van der Waals surface area contributed by atoms with Crippen LogP contribution >= 0.6 is 0 Å². The summed E-state index contributed by atoms with van der Waals surface area (Å²) in [4.78, 5) is 10.3. The molecule has 0 bridgehead atoms. The maximum Gasteiger partial charge on any atom is 0.269 e. The van der Waals surface area contributed by atoms with Gasteiger partial charge >= 0.3 is 0 Å². The van der Waals surface area contributed by atoms with Crippen LogP contribution in [0.15, 0.2) is 24.3 Å². The molecule has 0 aliphatic heterocycles. The molecule has 0 spiro atoms. The number of nitro groups is 1. The molecule has 1 N–H and O–H groups in total. The van der Waals surface area contributed by atoms with Crippen LogP contribution in [0.1, 0.15) is 45.1 Å². The molecule has 1 unspecified atom stereocenters. The number of non-ortho nitro benzene ring substituents is 1. The third kappa shape index (κ3) is 5.83. The number of unbranched alkanes of at least 4 members (excludes halogenated alkanes) is 1. The summed E-state index contributed by atoms with van der Waals surface area (Å²) in [5.41, 5.74) is 1.32. The third-order valence-electron chi connectivity index (χ3n) is 3.22. The fraction of sp³-hybridized carbons (Fsp3) is 0.600. The standard InChI is InChI=1S/C15H24N2O2/c1-3-5-6-14(16-11-4-2)12-13-7-9-15(10-8-13)17(18)19/h7-10,14,16H,3-6,11-12H2,1-2H3. The van der Waals surface area contributed by atoms with Gasteiger partial charge in [-0.1, -0.05) is 38.8 Å². The summed E-state index contributed by atoms with van der Waals surface area (Å²) < 4.78 is 0. The molecule has 0 heterocycles. The van der Waals surface area contributed by atoms with Gasteiger partial charge in [0.2, 0.25) is 0 Å². The van der Waals surface area contributed by atoms with Crippen LogP contribution in [-0.4, -0.2) is 17.5 Å². The number of hydrogen-bond donors (Lipinski definition) is 1. The van der Waals surface area contributed by atoms with Gasteiger partial charge in [0, 0.05) is 18.2 Å². The van der Waals surface area contributed by atoms with E-state index in [-0.39, 0.29) is 10.6 Å². The molecule has 1 rings (SSSR count). The first-order chi connectivity index (χ1) is 9.17. The van der Waals surface area contributed by atoms with Crippen LogP contribution in [0.3, 0.4) is 0 Å². The van der Waals surface area contributed by atoms with Crippen LogP contribution in [0.4, 0.5) is 5.69 Å². The molecule has 1 aromatic rings. The fourth-order valence-electron chi connectivity index (χ4n) is 2.11. The molecule has 0 saturated carbocycles. The Bertz CT molecular complexity index is 368. The molecule has 0 amide bonds. The average molecular weight is 264 g/mol. The SMILES string of the molecule is CCCCC(Cc1ccc([N+](=O)[O-])cc1)NCCC. The predicted molar refractivity (Wildman–Crippen MR) is 78.4 cm³/mol. The predicted octanol–water partition coefficient (Wildman–Crippen LogP) is 3.70. The lowest BCUT2D eigenvalue weighted by Gasteiger charge is -2.18. The summed E-state index contributed by atoms with van der Waals surface area (Å²) in [6, 6.07) is 7.38. The summed E-state index contributed by atoms with van der Waals surface area (Å²) in [5, 5.41) is 14.2. The maximum atomic E-state index is 10.6. The van der Waals surface area contributed by atoms with Crippen molar-refractivity contribution >= 4 is 5.69 Å². The molecule has 1 aromatic carbocycles. The van der Waals surface area contributed by atoms with Crippen molar-refractivity contribution in [2.75, 3.05) is 6.54 Å². The fourth-order valence-corrected chi connectivity index (χ4v) is 2.11. The highest BCUT2D eigenvalue weighted by atomic mass is 16.6. The normalized spacial score (nSPS) is 12.3. The van der Waals surface area contributed by atoms with Crippen LogP contribution in [0, 0.1) is 10.1 Å². The summed E-state index contributed by atoms with van der Waals surface area (Å²) in [6.45, 7) is 5.39. The molecule has 106 valence electrons. The summed E-state index contributed by atoms with van der Waals surface area (Å²) in [5.74, 6) is 0. The Morgan fingerprint density at radius 1 is 1.21 bits per heavy atom. The Kier molecular flexibility index (Phi) is 7.11. The number of nitrogens with zero attached hydrogens (tertiary/aromatic N) is 1. The zero-order chi connectivity index (χ0) is 14.1. The van der Waals surface area contributed by atoms with Gasteiger partial charge in [-0.05, 0) is 31.4 Å². The molecule has 4 nitrogen and oxygen atoms in total. The number of nitrogens with one attached hydrogen (secondary N) is 1. The molecule has 0 aromatic heterocycles. The van der Waals surface area contributed by atoms with Gasteiger partial charge in [0.25, 0.3) is 5.69 Å². The van der Waals surface area contributed by atoms with Gasteiger partial charge in [-0.2, -0.15) is 0 Å². The van der Waals surface area contributed by atoms with E-state index in [1.165, 1.54) is 12.8 Å². The smallest absolute Gasteiger partial charge is 0.269 e. The molecular formula is C15H24N2O2. The summed E-state index contributed by atoms with van der Waals surface area (Å²) in [7, 11) is 0. The Labute approximate surface area is 115 Å². The van der Waals surface area contributed by atoms with E-state index >= 15 is 0 Å². The van der Waals surface area contributed by atoms with E-state index in [4.69, 9.17) is 0 Å². The van der Waals surface area contributed by atoms with Gasteiger partial charge in [0.1, 0.15) is 0 Å². The van der Waals surface area contributed by atoms with E-state index in [1.54, 1.807) is 12.1 Å². The highest BCUT2D eigenvalue weighted by Crippen LogP contribution is 2.14. The molecule has 0 radical (unpaired) electrons. The van der Waals surface area contributed by atoms with E-state index < -0.39 is 0 Å². The van der Waals surface area contributed by atoms with E-state index in [0.29, 0.717) is 6.04 Å². The van der Waals surface area contributed by atoms with Crippen molar-refractivity contribution in [2.24, 2.45) is 0 Å². The van der Waals surface area contributed by atoms with Crippen molar-refractivity contribution in [3.8, 4) is 0 Å². The first-order valence-corrected chi connectivity index (χ1v) is 7.14. The van der Waals surface area contributed by atoms with Crippen molar-refractivity contribution in [3.63, 3.8) is 0 Å². The van der Waals surface area contributed by atoms with Crippen molar-refractivity contribution in [1.82, 2.24) is 5.32 Å². The quantitative estimate of drug-likeness (QED) is 0.546. The Balaban J connectivity index is 2.58. The lowest BCUT2D eigenvalue weighted by atomic mass is 10.0. The lowest BCUT2D eigenvalue weighted by molar-refractivity contribution is -0.384. The van der Waals surface area contributed by atoms with E-state index in [9.17, 15) is 10.1 Å².